The van der Waals surface area contributed by atoms with Gasteiger partial charge in [-0.1, -0.05) is 73.7 Å². The van der Waals surface area contributed by atoms with Gasteiger partial charge in [-0.05, 0) is 40.3 Å². The summed E-state index contributed by atoms with van der Waals surface area (Å²) in [7, 11) is 0. The lowest BCUT2D eigenvalue weighted by Crippen LogP contribution is -2.53. The zero-order chi connectivity index (χ0) is 24.5. The molecule has 2 amide bonds. The lowest BCUT2D eigenvalue weighted by molar-refractivity contribution is -0.140. The number of para-hydroxylation sites is 1. The van der Waals surface area contributed by atoms with E-state index >= 15 is 0 Å². The molecule has 7 nitrogen and oxygen atoms in total. The van der Waals surface area contributed by atoms with E-state index in [4.69, 9.17) is 4.74 Å². The third-order valence-electron chi connectivity index (χ3n) is 6.84. The van der Waals surface area contributed by atoms with Crippen LogP contribution in [0.4, 0.5) is 10.5 Å². The maximum atomic E-state index is 13.4. The zero-order valence-corrected chi connectivity index (χ0v) is 19.3. The summed E-state index contributed by atoms with van der Waals surface area (Å²) in [5, 5.41) is 12.4. The van der Waals surface area contributed by atoms with Gasteiger partial charge in [0.15, 0.2) is 0 Å². The van der Waals surface area contributed by atoms with Crippen LogP contribution in [0.1, 0.15) is 36.0 Å². The van der Waals surface area contributed by atoms with Gasteiger partial charge in [-0.3, -0.25) is 9.69 Å². The number of carbonyl (C=O) groups is 3. The zero-order valence-electron chi connectivity index (χ0n) is 19.3. The summed E-state index contributed by atoms with van der Waals surface area (Å²) in [4.78, 5) is 39.3. The fourth-order valence-electron chi connectivity index (χ4n) is 5.14. The fourth-order valence-corrected chi connectivity index (χ4v) is 5.14. The first-order chi connectivity index (χ1) is 17.0. The largest absolute Gasteiger partial charge is 0.480 e. The number of anilines is 1. The molecule has 0 bridgehead atoms. The molecule has 0 fully saturated rings. The normalized spacial score (nSPS) is 16.7. The Morgan fingerprint density at radius 1 is 0.971 bits per heavy atom. The molecule has 1 aliphatic carbocycles. The van der Waals surface area contributed by atoms with Crippen molar-refractivity contribution >= 4 is 23.7 Å². The van der Waals surface area contributed by atoms with E-state index in [-0.39, 0.29) is 18.9 Å². The first-order valence-electron chi connectivity index (χ1n) is 11.7. The molecule has 1 heterocycles. The van der Waals surface area contributed by atoms with Gasteiger partial charge in [0.25, 0.3) is 5.91 Å². The predicted octanol–water partition coefficient (Wildman–Crippen LogP) is 4.35. The molecule has 0 aromatic heterocycles. The maximum Gasteiger partial charge on any atom is 0.407 e. The molecule has 0 radical (unpaired) electrons. The molecule has 178 valence electrons. The average Bonchev–Trinajstić information content (AvgIpc) is 3.42. The van der Waals surface area contributed by atoms with E-state index in [0.29, 0.717) is 12.1 Å². The first kappa shape index (κ1) is 22.7. The highest BCUT2D eigenvalue weighted by atomic mass is 16.5. The number of aliphatic carboxylic acids is 1. The number of rotatable bonds is 6. The molecule has 3 aromatic carbocycles. The maximum absolute atomic E-state index is 13.4. The monoisotopic (exact) mass is 470 g/mol. The molecule has 2 N–H and O–H groups in total. The lowest BCUT2D eigenvalue weighted by atomic mass is 9.98. The number of carbonyl (C=O) groups excluding carboxylic acids is 2. The van der Waals surface area contributed by atoms with Crippen molar-refractivity contribution < 1.29 is 24.2 Å². The van der Waals surface area contributed by atoms with Crippen LogP contribution in [0.2, 0.25) is 0 Å². The van der Waals surface area contributed by atoms with Gasteiger partial charge in [-0.15, -0.1) is 0 Å². The van der Waals surface area contributed by atoms with Gasteiger partial charge in [0.2, 0.25) is 0 Å². The van der Waals surface area contributed by atoms with Crippen LogP contribution < -0.4 is 10.2 Å². The molecule has 35 heavy (non-hydrogen) atoms. The minimum Gasteiger partial charge on any atom is -0.480 e. The SMILES string of the molecule is CCC(NC(=O)OCC1c2ccccc2-c2ccccc21)C(=O)N1c2ccccc2C[C@H]1C(=O)O. The summed E-state index contributed by atoms with van der Waals surface area (Å²) >= 11 is 0. The summed E-state index contributed by atoms with van der Waals surface area (Å²) in [5.74, 6) is -1.63. The van der Waals surface area contributed by atoms with Gasteiger partial charge in [-0.2, -0.15) is 0 Å². The van der Waals surface area contributed by atoms with Crippen LogP contribution in [0.25, 0.3) is 11.1 Å². The van der Waals surface area contributed by atoms with Crippen LogP contribution in [0.5, 0.6) is 0 Å². The molecule has 3 aromatic rings. The van der Waals surface area contributed by atoms with Crippen molar-refractivity contribution in [1.29, 1.82) is 0 Å². The van der Waals surface area contributed by atoms with Crippen LogP contribution in [0, 0.1) is 0 Å². The van der Waals surface area contributed by atoms with Crippen molar-refractivity contribution in [3.63, 3.8) is 0 Å². The van der Waals surface area contributed by atoms with Crippen molar-refractivity contribution in [2.75, 3.05) is 11.5 Å². The Labute approximate surface area is 203 Å². The number of fused-ring (bicyclic) bond motifs is 4. The third-order valence-corrected chi connectivity index (χ3v) is 6.84. The van der Waals surface area contributed by atoms with Crippen molar-refractivity contribution in [2.45, 2.75) is 37.8 Å². The Bertz CT molecular complexity index is 1260. The Hall–Kier alpha value is -4.13. The molecule has 0 spiro atoms. The second-order valence-corrected chi connectivity index (χ2v) is 8.83. The van der Waals surface area contributed by atoms with E-state index < -0.39 is 30.1 Å². The van der Waals surface area contributed by atoms with Crippen molar-refractivity contribution in [2.24, 2.45) is 0 Å². The smallest absolute Gasteiger partial charge is 0.407 e. The standard InChI is InChI=1S/C28H26N2O5/c1-2-23(26(31)30-24-14-8-3-9-17(24)15-25(30)27(32)33)29-28(34)35-16-22-20-12-6-4-10-18(20)19-11-5-7-13-21(19)22/h3-14,22-23,25H,2,15-16H2,1H3,(H,29,34)(H,32,33)/t23?,25-/m0/s1. The molecule has 2 atom stereocenters. The highest BCUT2D eigenvalue weighted by Crippen LogP contribution is 2.44. The van der Waals surface area contributed by atoms with Crippen molar-refractivity contribution in [1.82, 2.24) is 5.32 Å². The van der Waals surface area contributed by atoms with Gasteiger partial charge in [0, 0.05) is 18.0 Å². The molecular weight excluding hydrogens is 444 g/mol. The fraction of sp³-hybridized carbons (Fsp3) is 0.250. The molecule has 0 saturated carbocycles. The van der Waals surface area contributed by atoms with Gasteiger partial charge < -0.3 is 15.2 Å². The number of alkyl carbamates (subject to hydrolysis) is 1. The number of hydrogen-bond acceptors (Lipinski definition) is 4. The molecule has 1 unspecified atom stereocenters. The Morgan fingerprint density at radius 3 is 2.20 bits per heavy atom. The third kappa shape index (κ3) is 4.03. The van der Waals surface area contributed by atoms with Crippen molar-refractivity contribution in [3.05, 3.63) is 89.5 Å². The van der Waals surface area contributed by atoms with Crippen LogP contribution in [0.3, 0.4) is 0 Å². The molecular formula is C28H26N2O5. The highest BCUT2D eigenvalue weighted by molar-refractivity contribution is 6.05. The number of amides is 2. The number of nitrogens with one attached hydrogen (secondary N) is 1. The van der Waals surface area contributed by atoms with E-state index in [1.54, 1.807) is 19.1 Å². The lowest BCUT2D eigenvalue weighted by Gasteiger charge is -2.27. The number of benzene rings is 3. The summed E-state index contributed by atoms with van der Waals surface area (Å²) in [5.41, 5.74) is 5.82. The number of ether oxygens (including phenoxy) is 1. The van der Waals surface area contributed by atoms with E-state index in [1.165, 1.54) is 4.90 Å². The van der Waals surface area contributed by atoms with Crippen LogP contribution >= 0.6 is 0 Å². The molecule has 5 rings (SSSR count). The summed E-state index contributed by atoms with van der Waals surface area (Å²) in [6.07, 6.45) is -0.168. The second-order valence-electron chi connectivity index (χ2n) is 8.83. The number of carboxylic acids is 1. The minimum atomic E-state index is -1.08. The van der Waals surface area contributed by atoms with E-state index in [1.807, 2.05) is 48.5 Å². The second kappa shape index (κ2) is 9.25. The van der Waals surface area contributed by atoms with E-state index in [9.17, 15) is 19.5 Å². The quantitative estimate of drug-likeness (QED) is 0.559. The number of hydrogen-bond donors (Lipinski definition) is 2. The average molecular weight is 471 g/mol. The van der Waals surface area contributed by atoms with Crippen LogP contribution in [0.15, 0.2) is 72.8 Å². The van der Waals surface area contributed by atoms with E-state index in [0.717, 1.165) is 27.8 Å². The Balaban J connectivity index is 1.29. The van der Waals surface area contributed by atoms with E-state index in [2.05, 4.69) is 17.4 Å². The van der Waals surface area contributed by atoms with Crippen LogP contribution in [-0.4, -0.2) is 41.8 Å². The summed E-state index contributed by atoms with van der Waals surface area (Å²) in [6.45, 7) is 1.90. The van der Waals surface area contributed by atoms with Crippen molar-refractivity contribution in [3.8, 4) is 11.1 Å². The minimum absolute atomic E-state index is 0.0919. The molecule has 2 aliphatic rings. The highest BCUT2D eigenvalue weighted by Gasteiger charge is 2.41. The molecule has 7 heteroatoms. The van der Waals surface area contributed by atoms with Gasteiger partial charge in [0.1, 0.15) is 18.7 Å². The predicted molar refractivity (Wildman–Crippen MR) is 131 cm³/mol. The first-order valence-corrected chi connectivity index (χ1v) is 11.7. The topological polar surface area (TPSA) is 95.9 Å². The Morgan fingerprint density at radius 2 is 1.57 bits per heavy atom. The number of carboxylic acid groups (broad SMARTS) is 1. The van der Waals surface area contributed by atoms with Gasteiger partial charge in [-0.25, -0.2) is 9.59 Å². The molecule has 1 aliphatic heterocycles. The summed E-state index contributed by atoms with van der Waals surface area (Å²) < 4.78 is 5.59. The molecule has 0 saturated heterocycles. The Kier molecular flexibility index (Phi) is 5.99. The van der Waals surface area contributed by atoms with Gasteiger partial charge in [0.05, 0.1) is 0 Å². The number of nitrogens with zero attached hydrogens (tertiary/aromatic N) is 1. The van der Waals surface area contributed by atoms with Crippen LogP contribution in [-0.2, 0) is 20.7 Å². The van der Waals surface area contributed by atoms with Gasteiger partial charge >= 0.3 is 12.1 Å². The summed E-state index contributed by atoms with van der Waals surface area (Å²) in [6, 6.07) is 21.3.